The van der Waals surface area contributed by atoms with Crippen molar-refractivity contribution in [1.82, 2.24) is 4.90 Å². The van der Waals surface area contributed by atoms with Gasteiger partial charge in [0.2, 0.25) is 0 Å². The van der Waals surface area contributed by atoms with Crippen molar-refractivity contribution in [3.05, 3.63) is 138 Å². The number of benzene rings is 4. The molecular formula is C33H35NO3S. The average Bonchev–Trinajstić information content (AvgIpc) is 2.96. The molecule has 0 radical (unpaired) electrons. The van der Waals surface area contributed by atoms with Crippen LogP contribution in [0.5, 0.6) is 0 Å². The minimum atomic E-state index is -3.81. The fraction of sp³-hybridized carbons (Fsp3) is 0.273. The fourth-order valence-electron chi connectivity index (χ4n) is 5.84. The highest BCUT2D eigenvalue weighted by Crippen LogP contribution is 2.45. The van der Waals surface area contributed by atoms with Crippen molar-refractivity contribution in [2.45, 2.75) is 49.1 Å². The number of aryl methyl sites for hydroxylation is 1. The van der Waals surface area contributed by atoms with Crippen LogP contribution in [0, 0.1) is 6.92 Å². The van der Waals surface area contributed by atoms with Crippen molar-refractivity contribution in [2.75, 3.05) is 13.2 Å². The zero-order valence-corrected chi connectivity index (χ0v) is 22.7. The van der Waals surface area contributed by atoms with E-state index in [0.717, 1.165) is 31.4 Å². The molecule has 1 aliphatic heterocycles. The Labute approximate surface area is 227 Å². The van der Waals surface area contributed by atoms with Crippen LogP contribution in [0.3, 0.4) is 0 Å². The molecule has 4 aromatic rings. The Morgan fingerprint density at radius 1 is 0.737 bits per heavy atom. The number of hydrogen-bond acceptors (Lipinski definition) is 4. The molecular weight excluding hydrogens is 490 g/mol. The van der Waals surface area contributed by atoms with Gasteiger partial charge in [-0.05, 0) is 61.6 Å². The average molecular weight is 526 g/mol. The Kier molecular flexibility index (Phi) is 8.08. The summed E-state index contributed by atoms with van der Waals surface area (Å²) in [6.45, 7) is 2.99. The first-order valence-corrected chi connectivity index (χ1v) is 14.8. The van der Waals surface area contributed by atoms with Gasteiger partial charge < -0.3 is 0 Å². The molecule has 1 fully saturated rings. The summed E-state index contributed by atoms with van der Waals surface area (Å²) in [7, 11) is -3.81. The standard InChI is InChI=1S/C33H35NO3S/c1-27-20-22-32(23-21-27)38(35,36)37-26-24-31-19-11-12-25-34(31)33(28-13-5-2-6-14-28,29-15-7-3-8-16-29)30-17-9-4-10-18-30/h2-10,13-18,20-23,31H,11-12,19,24-26H2,1H3. The van der Waals surface area contributed by atoms with E-state index in [1.165, 1.54) is 16.7 Å². The summed E-state index contributed by atoms with van der Waals surface area (Å²) in [5, 5.41) is 0. The van der Waals surface area contributed by atoms with Crippen LogP contribution in [-0.4, -0.2) is 32.5 Å². The van der Waals surface area contributed by atoms with Crippen LogP contribution in [0.4, 0.5) is 0 Å². The van der Waals surface area contributed by atoms with Crippen molar-refractivity contribution >= 4 is 10.1 Å². The van der Waals surface area contributed by atoms with Crippen molar-refractivity contribution in [1.29, 1.82) is 0 Å². The quantitative estimate of drug-likeness (QED) is 0.175. The van der Waals surface area contributed by atoms with E-state index in [9.17, 15) is 8.42 Å². The van der Waals surface area contributed by atoms with Gasteiger partial charge in [-0.2, -0.15) is 8.42 Å². The molecule has 1 heterocycles. The van der Waals surface area contributed by atoms with Crippen LogP contribution in [0.2, 0.25) is 0 Å². The predicted molar refractivity (Wildman–Crippen MR) is 152 cm³/mol. The van der Waals surface area contributed by atoms with Crippen molar-refractivity contribution < 1.29 is 12.6 Å². The van der Waals surface area contributed by atoms with Gasteiger partial charge >= 0.3 is 0 Å². The summed E-state index contributed by atoms with van der Waals surface area (Å²) in [5.41, 5.74) is 4.12. The molecule has 4 aromatic carbocycles. The molecule has 0 N–H and O–H groups in total. The Balaban J connectivity index is 1.52. The third-order valence-corrected chi connectivity index (χ3v) is 8.96. The number of nitrogens with zero attached hydrogens (tertiary/aromatic N) is 1. The Morgan fingerprint density at radius 3 is 1.74 bits per heavy atom. The minimum absolute atomic E-state index is 0.145. The number of piperidine rings is 1. The molecule has 5 heteroatoms. The molecule has 0 saturated carbocycles. The maximum Gasteiger partial charge on any atom is 0.296 e. The molecule has 0 aromatic heterocycles. The largest absolute Gasteiger partial charge is 0.296 e. The van der Waals surface area contributed by atoms with Gasteiger partial charge in [0, 0.05) is 6.04 Å². The van der Waals surface area contributed by atoms with Gasteiger partial charge in [0.15, 0.2) is 0 Å². The number of likely N-dealkylation sites (tertiary alicyclic amines) is 1. The lowest BCUT2D eigenvalue weighted by Gasteiger charge is -2.51. The van der Waals surface area contributed by atoms with Gasteiger partial charge in [-0.3, -0.25) is 9.08 Å². The normalized spacial score (nSPS) is 16.8. The van der Waals surface area contributed by atoms with Gasteiger partial charge in [-0.1, -0.05) is 115 Å². The van der Waals surface area contributed by atoms with E-state index in [0.29, 0.717) is 6.42 Å². The van der Waals surface area contributed by atoms with Crippen LogP contribution in [0.25, 0.3) is 0 Å². The molecule has 0 amide bonds. The first kappa shape index (κ1) is 26.4. The van der Waals surface area contributed by atoms with Gasteiger partial charge in [-0.25, -0.2) is 0 Å². The zero-order valence-electron chi connectivity index (χ0n) is 21.9. The second kappa shape index (κ2) is 11.6. The highest BCUT2D eigenvalue weighted by Gasteiger charge is 2.45. The Morgan fingerprint density at radius 2 is 1.24 bits per heavy atom. The predicted octanol–water partition coefficient (Wildman–Crippen LogP) is 6.94. The first-order valence-electron chi connectivity index (χ1n) is 13.4. The van der Waals surface area contributed by atoms with Crippen LogP contribution < -0.4 is 0 Å². The van der Waals surface area contributed by atoms with E-state index in [1.807, 2.05) is 6.92 Å². The van der Waals surface area contributed by atoms with Gasteiger partial charge in [0.05, 0.1) is 17.0 Å². The zero-order chi connectivity index (χ0) is 26.4. The van der Waals surface area contributed by atoms with Crippen LogP contribution >= 0.6 is 0 Å². The molecule has 38 heavy (non-hydrogen) atoms. The first-order chi connectivity index (χ1) is 18.5. The second-order valence-electron chi connectivity index (χ2n) is 10.0. The van der Waals surface area contributed by atoms with Gasteiger partial charge in [0.25, 0.3) is 10.1 Å². The molecule has 196 valence electrons. The lowest BCUT2D eigenvalue weighted by molar-refractivity contribution is 0.0521. The highest BCUT2D eigenvalue weighted by atomic mass is 32.2. The van der Waals surface area contributed by atoms with Crippen LogP contribution in [0.15, 0.2) is 120 Å². The lowest BCUT2D eigenvalue weighted by Crippen LogP contribution is -2.55. The van der Waals surface area contributed by atoms with Crippen molar-refractivity contribution in [3.8, 4) is 0 Å². The van der Waals surface area contributed by atoms with E-state index >= 15 is 0 Å². The molecule has 1 atom stereocenters. The monoisotopic (exact) mass is 525 g/mol. The minimum Gasteiger partial charge on any atom is -0.283 e. The molecule has 0 bridgehead atoms. The molecule has 4 nitrogen and oxygen atoms in total. The number of hydrogen-bond donors (Lipinski definition) is 0. The summed E-state index contributed by atoms with van der Waals surface area (Å²) in [5.74, 6) is 0. The Bertz CT molecular complexity index is 1310. The number of rotatable bonds is 9. The van der Waals surface area contributed by atoms with Crippen molar-refractivity contribution in [2.24, 2.45) is 0 Å². The molecule has 0 aliphatic carbocycles. The lowest BCUT2D eigenvalue weighted by atomic mass is 9.73. The van der Waals surface area contributed by atoms with Gasteiger partial charge in [0.1, 0.15) is 0 Å². The smallest absolute Gasteiger partial charge is 0.283 e. The molecule has 1 unspecified atom stereocenters. The fourth-order valence-corrected chi connectivity index (χ4v) is 6.77. The highest BCUT2D eigenvalue weighted by molar-refractivity contribution is 7.86. The van der Waals surface area contributed by atoms with E-state index < -0.39 is 15.7 Å². The molecule has 1 saturated heterocycles. The second-order valence-corrected chi connectivity index (χ2v) is 11.6. The third kappa shape index (κ3) is 5.32. The summed E-state index contributed by atoms with van der Waals surface area (Å²) < 4.78 is 31.4. The molecule has 1 aliphatic rings. The summed E-state index contributed by atoms with van der Waals surface area (Å²) >= 11 is 0. The summed E-state index contributed by atoms with van der Waals surface area (Å²) in [6, 6.07) is 39.0. The SMILES string of the molecule is Cc1ccc(S(=O)(=O)OCCC2CCCCN2C(c2ccccc2)(c2ccccc2)c2ccccc2)cc1. The third-order valence-electron chi connectivity index (χ3n) is 7.63. The van der Waals surface area contributed by atoms with Crippen LogP contribution in [-0.2, 0) is 19.8 Å². The van der Waals surface area contributed by atoms with Crippen LogP contribution in [0.1, 0.15) is 47.9 Å². The van der Waals surface area contributed by atoms with E-state index in [4.69, 9.17) is 4.18 Å². The molecule has 5 rings (SSSR count). The Hall–Kier alpha value is -3.25. The summed E-state index contributed by atoms with van der Waals surface area (Å²) in [4.78, 5) is 2.80. The maximum absolute atomic E-state index is 12.9. The van der Waals surface area contributed by atoms with Gasteiger partial charge in [-0.15, -0.1) is 0 Å². The topological polar surface area (TPSA) is 46.6 Å². The summed E-state index contributed by atoms with van der Waals surface area (Å²) in [6.07, 6.45) is 3.81. The van der Waals surface area contributed by atoms with E-state index in [-0.39, 0.29) is 17.5 Å². The van der Waals surface area contributed by atoms with E-state index in [1.54, 1.807) is 24.3 Å². The van der Waals surface area contributed by atoms with Crippen molar-refractivity contribution in [3.63, 3.8) is 0 Å². The van der Waals surface area contributed by atoms with E-state index in [2.05, 4.69) is 95.9 Å². The maximum atomic E-state index is 12.9. The molecule has 0 spiro atoms.